The van der Waals surface area contributed by atoms with E-state index in [-0.39, 0.29) is 17.3 Å². The molecule has 10 nitrogen and oxygen atoms in total. The molecule has 1 N–H and O–H groups in total. The summed E-state index contributed by atoms with van der Waals surface area (Å²) in [4.78, 5) is 42.9. The molecular formula is C25H25N5O5S. The smallest absolute Gasteiger partial charge is 0.332 e. The van der Waals surface area contributed by atoms with Crippen LogP contribution in [0, 0.1) is 6.92 Å². The molecule has 5 rings (SSSR count). The molecule has 1 amide bonds. The van der Waals surface area contributed by atoms with Gasteiger partial charge >= 0.3 is 5.69 Å². The Balaban J connectivity index is 1.43. The fourth-order valence-corrected chi connectivity index (χ4v) is 4.80. The Morgan fingerprint density at radius 2 is 1.75 bits per heavy atom. The Labute approximate surface area is 210 Å². The van der Waals surface area contributed by atoms with Crippen LogP contribution in [-0.4, -0.2) is 43.6 Å². The van der Waals surface area contributed by atoms with Crippen molar-refractivity contribution >= 4 is 34.5 Å². The van der Waals surface area contributed by atoms with E-state index in [1.165, 1.54) is 23.4 Å². The summed E-state index contributed by atoms with van der Waals surface area (Å²) in [7, 11) is 3.03. The van der Waals surface area contributed by atoms with Gasteiger partial charge < -0.3 is 19.4 Å². The monoisotopic (exact) mass is 507 g/mol. The Bertz CT molecular complexity index is 1590. The largest absolute Gasteiger partial charge is 0.486 e. The van der Waals surface area contributed by atoms with Gasteiger partial charge in [0, 0.05) is 25.8 Å². The number of rotatable bonds is 6. The van der Waals surface area contributed by atoms with E-state index in [9.17, 15) is 14.4 Å². The summed E-state index contributed by atoms with van der Waals surface area (Å²) in [6.07, 6.45) is 0. The molecule has 0 bridgehead atoms. The van der Waals surface area contributed by atoms with Gasteiger partial charge in [-0.15, -0.1) is 0 Å². The van der Waals surface area contributed by atoms with Crippen molar-refractivity contribution in [3.05, 3.63) is 74.4 Å². The van der Waals surface area contributed by atoms with E-state index in [1.54, 1.807) is 29.8 Å². The van der Waals surface area contributed by atoms with Crippen molar-refractivity contribution in [1.29, 1.82) is 0 Å². The second-order valence-electron chi connectivity index (χ2n) is 8.54. The zero-order valence-electron chi connectivity index (χ0n) is 20.1. The van der Waals surface area contributed by atoms with Crippen LogP contribution in [0.5, 0.6) is 11.5 Å². The second-order valence-corrected chi connectivity index (χ2v) is 9.48. The number of thioether (sulfide) groups is 1. The Morgan fingerprint density at radius 3 is 2.50 bits per heavy atom. The average Bonchev–Trinajstić information content (AvgIpc) is 3.24. The molecule has 3 heterocycles. The number of imidazole rings is 1. The lowest BCUT2D eigenvalue weighted by atomic mass is 10.1. The van der Waals surface area contributed by atoms with Crippen LogP contribution in [0.2, 0.25) is 0 Å². The lowest BCUT2D eigenvalue weighted by Gasteiger charge is -2.19. The number of hydrogen-bond donors (Lipinski definition) is 1. The fraction of sp³-hybridized carbons (Fsp3) is 0.280. The zero-order valence-corrected chi connectivity index (χ0v) is 20.9. The molecule has 0 fully saturated rings. The number of carbonyl (C=O) groups excluding carboxylic acids is 1. The van der Waals surface area contributed by atoms with Gasteiger partial charge in [0.05, 0.1) is 12.3 Å². The maximum absolute atomic E-state index is 13.1. The number of carbonyl (C=O) groups is 1. The second kappa shape index (κ2) is 9.57. The van der Waals surface area contributed by atoms with Crippen LogP contribution in [0.3, 0.4) is 0 Å². The molecule has 0 spiro atoms. The van der Waals surface area contributed by atoms with Crippen molar-refractivity contribution < 1.29 is 14.3 Å². The number of aromatic nitrogens is 4. The van der Waals surface area contributed by atoms with Crippen molar-refractivity contribution in [2.75, 3.05) is 24.3 Å². The zero-order chi connectivity index (χ0) is 25.4. The first kappa shape index (κ1) is 23.7. The highest BCUT2D eigenvalue weighted by molar-refractivity contribution is 7.99. The molecule has 0 saturated carbocycles. The van der Waals surface area contributed by atoms with Gasteiger partial charge in [0.1, 0.15) is 13.2 Å². The van der Waals surface area contributed by atoms with E-state index in [1.807, 2.05) is 31.2 Å². The molecule has 186 valence electrons. The van der Waals surface area contributed by atoms with Crippen molar-refractivity contribution in [1.82, 2.24) is 18.7 Å². The van der Waals surface area contributed by atoms with Crippen molar-refractivity contribution in [3.63, 3.8) is 0 Å². The molecule has 1 aliphatic rings. The molecule has 0 atom stereocenters. The molecule has 36 heavy (non-hydrogen) atoms. The summed E-state index contributed by atoms with van der Waals surface area (Å²) in [6, 6.07) is 13.2. The van der Waals surface area contributed by atoms with Gasteiger partial charge in [-0.05, 0) is 24.6 Å². The highest BCUT2D eigenvalue weighted by Gasteiger charge is 2.21. The van der Waals surface area contributed by atoms with Gasteiger partial charge in [-0.2, -0.15) is 0 Å². The first-order valence-corrected chi connectivity index (χ1v) is 12.3. The number of anilines is 1. The third kappa shape index (κ3) is 4.49. The van der Waals surface area contributed by atoms with Gasteiger partial charge in [0.25, 0.3) is 5.56 Å². The third-order valence-electron chi connectivity index (χ3n) is 5.93. The Hall–Kier alpha value is -3.99. The number of benzene rings is 2. The van der Waals surface area contributed by atoms with E-state index in [4.69, 9.17) is 9.47 Å². The van der Waals surface area contributed by atoms with Crippen LogP contribution in [0.25, 0.3) is 11.2 Å². The number of amides is 1. The minimum Gasteiger partial charge on any atom is -0.486 e. The standard InChI is InChI=1S/C25H25N5O5S/c1-15-4-6-16(7-5-15)13-30-21-22(28(2)25(33)29(3)23(21)32)27-24(30)36-14-20(31)26-17-8-9-18-19(12-17)35-11-10-34-18/h4-9,12H,10-11,13-14H2,1-3H3,(H,26,31). The lowest BCUT2D eigenvalue weighted by molar-refractivity contribution is -0.113. The summed E-state index contributed by atoms with van der Waals surface area (Å²) < 4.78 is 15.3. The van der Waals surface area contributed by atoms with E-state index in [0.717, 1.165) is 15.7 Å². The van der Waals surface area contributed by atoms with Crippen LogP contribution >= 0.6 is 11.8 Å². The van der Waals surface area contributed by atoms with Crippen molar-refractivity contribution in [2.24, 2.45) is 14.1 Å². The van der Waals surface area contributed by atoms with Gasteiger partial charge in [0.15, 0.2) is 27.8 Å². The molecule has 0 unspecified atom stereocenters. The van der Waals surface area contributed by atoms with Crippen LogP contribution < -0.4 is 26.0 Å². The van der Waals surface area contributed by atoms with Crippen molar-refractivity contribution in [2.45, 2.75) is 18.6 Å². The molecule has 2 aromatic carbocycles. The maximum atomic E-state index is 13.1. The van der Waals surface area contributed by atoms with Gasteiger partial charge in [-0.25, -0.2) is 9.78 Å². The molecule has 2 aromatic heterocycles. The number of aryl methyl sites for hydroxylation is 2. The first-order valence-electron chi connectivity index (χ1n) is 11.4. The molecule has 0 saturated heterocycles. The quantitative estimate of drug-likeness (QED) is 0.399. The summed E-state index contributed by atoms with van der Waals surface area (Å²) in [5.74, 6) is 1.04. The number of hydrogen-bond acceptors (Lipinski definition) is 7. The summed E-state index contributed by atoms with van der Waals surface area (Å²) in [5.41, 5.74) is 2.39. The highest BCUT2D eigenvalue weighted by atomic mass is 32.2. The SMILES string of the molecule is Cc1ccc(Cn2c(SCC(=O)Nc3ccc4c(c3)OCCO4)nc3c2c(=O)n(C)c(=O)n3C)cc1. The number of fused-ring (bicyclic) bond motifs is 2. The Kier molecular flexibility index (Phi) is 6.31. The first-order chi connectivity index (χ1) is 17.3. The number of ether oxygens (including phenoxy) is 2. The summed E-state index contributed by atoms with van der Waals surface area (Å²) in [5, 5.41) is 3.33. The molecule has 1 aliphatic heterocycles. The normalized spacial score (nSPS) is 12.6. The van der Waals surface area contributed by atoms with Crippen LogP contribution in [0.1, 0.15) is 11.1 Å². The minimum atomic E-state index is -0.458. The van der Waals surface area contributed by atoms with E-state index in [2.05, 4.69) is 10.3 Å². The molecule has 11 heteroatoms. The van der Waals surface area contributed by atoms with E-state index < -0.39 is 11.2 Å². The number of nitrogens with one attached hydrogen (secondary N) is 1. The van der Waals surface area contributed by atoms with E-state index in [0.29, 0.717) is 47.6 Å². The van der Waals surface area contributed by atoms with Gasteiger partial charge in [-0.3, -0.25) is 18.7 Å². The van der Waals surface area contributed by atoms with Gasteiger partial charge in [0.2, 0.25) is 5.91 Å². The fourth-order valence-electron chi connectivity index (χ4n) is 4.01. The summed E-state index contributed by atoms with van der Waals surface area (Å²) in [6.45, 7) is 3.33. The lowest BCUT2D eigenvalue weighted by Crippen LogP contribution is -2.37. The van der Waals surface area contributed by atoms with Crippen molar-refractivity contribution in [3.8, 4) is 11.5 Å². The van der Waals surface area contributed by atoms with Crippen LogP contribution in [0.15, 0.2) is 57.2 Å². The van der Waals surface area contributed by atoms with Gasteiger partial charge in [-0.1, -0.05) is 41.6 Å². The summed E-state index contributed by atoms with van der Waals surface area (Å²) >= 11 is 1.20. The van der Waals surface area contributed by atoms with E-state index >= 15 is 0 Å². The average molecular weight is 508 g/mol. The molecule has 4 aromatic rings. The number of nitrogens with zero attached hydrogens (tertiary/aromatic N) is 4. The Morgan fingerprint density at radius 1 is 1.03 bits per heavy atom. The third-order valence-corrected chi connectivity index (χ3v) is 6.91. The molecular weight excluding hydrogens is 482 g/mol. The van der Waals surface area contributed by atoms with Crippen LogP contribution in [0.4, 0.5) is 5.69 Å². The topological polar surface area (TPSA) is 109 Å². The predicted octanol–water partition coefficient (Wildman–Crippen LogP) is 2.29. The predicted molar refractivity (Wildman–Crippen MR) is 137 cm³/mol. The van der Waals surface area contributed by atoms with Crippen LogP contribution in [-0.2, 0) is 25.4 Å². The maximum Gasteiger partial charge on any atom is 0.332 e. The highest BCUT2D eigenvalue weighted by Crippen LogP contribution is 2.32. The molecule has 0 radical (unpaired) electrons. The minimum absolute atomic E-state index is 0.0555. The molecule has 0 aliphatic carbocycles.